The molecule has 1 aliphatic heterocycles. The van der Waals surface area contributed by atoms with E-state index in [1.165, 1.54) is 25.7 Å². The lowest BCUT2D eigenvalue weighted by atomic mass is 9.80. The number of hydrogen-bond acceptors (Lipinski definition) is 2. The van der Waals surface area contributed by atoms with Gasteiger partial charge in [-0.1, -0.05) is 32.1 Å². The molecular weight excluding hydrogens is 228 g/mol. The van der Waals surface area contributed by atoms with Crippen LogP contribution in [0.5, 0.6) is 0 Å². The Bertz CT molecular complexity index is 263. The second kappa shape index (κ2) is 6.55. The van der Waals surface area contributed by atoms with E-state index in [-0.39, 0.29) is 5.41 Å². The van der Waals surface area contributed by atoms with Crippen LogP contribution in [0, 0.1) is 11.3 Å². The van der Waals surface area contributed by atoms with Crippen LogP contribution in [0.2, 0.25) is 0 Å². The van der Waals surface area contributed by atoms with Crippen molar-refractivity contribution in [3.8, 4) is 0 Å². The predicted octanol–water partition coefficient (Wildman–Crippen LogP) is 3.62. The number of ether oxygens (including phenoxy) is 1. The molecule has 18 heavy (non-hydrogen) atoms. The van der Waals surface area contributed by atoms with Crippen LogP contribution in [0.4, 0.5) is 0 Å². The molecule has 1 N–H and O–H groups in total. The van der Waals surface area contributed by atoms with Gasteiger partial charge >= 0.3 is 5.97 Å². The fourth-order valence-corrected chi connectivity index (χ4v) is 3.55. The highest BCUT2D eigenvalue weighted by Gasteiger charge is 2.40. The monoisotopic (exact) mass is 254 g/mol. The normalized spacial score (nSPS) is 24.2. The first-order chi connectivity index (χ1) is 8.73. The summed E-state index contributed by atoms with van der Waals surface area (Å²) in [4.78, 5) is 11.4. The van der Waals surface area contributed by atoms with E-state index in [0.29, 0.717) is 0 Å². The van der Waals surface area contributed by atoms with Gasteiger partial charge in [0.2, 0.25) is 0 Å². The maximum Gasteiger partial charge on any atom is 0.309 e. The molecule has 0 bridgehead atoms. The summed E-state index contributed by atoms with van der Waals surface area (Å²) < 4.78 is 5.36. The average molecular weight is 254 g/mol. The highest BCUT2D eigenvalue weighted by Crippen LogP contribution is 2.42. The van der Waals surface area contributed by atoms with Crippen LogP contribution in [0.1, 0.15) is 64.2 Å². The summed E-state index contributed by atoms with van der Waals surface area (Å²) in [7, 11) is 0. The van der Waals surface area contributed by atoms with Crippen molar-refractivity contribution in [2.45, 2.75) is 64.2 Å². The third-order valence-corrected chi connectivity index (χ3v) is 4.87. The minimum absolute atomic E-state index is 0.365. The number of carbonyl (C=O) groups is 1. The van der Waals surface area contributed by atoms with Gasteiger partial charge in [0.15, 0.2) is 0 Å². The summed E-state index contributed by atoms with van der Waals surface area (Å²) in [6.45, 7) is 1.84. The van der Waals surface area contributed by atoms with Gasteiger partial charge in [0.25, 0.3) is 0 Å². The lowest BCUT2D eigenvalue weighted by Gasteiger charge is -2.25. The van der Waals surface area contributed by atoms with Crippen LogP contribution < -0.4 is 0 Å². The minimum atomic E-state index is -0.550. The van der Waals surface area contributed by atoms with E-state index in [4.69, 9.17) is 4.74 Å². The van der Waals surface area contributed by atoms with Gasteiger partial charge in [0, 0.05) is 13.2 Å². The molecule has 2 rings (SSSR count). The first-order valence-corrected chi connectivity index (χ1v) is 7.54. The molecule has 0 aromatic rings. The third-order valence-electron chi connectivity index (χ3n) is 4.87. The molecule has 3 heteroatoms. The van der Waals surface area contributed by atoms with Gasteiger partial charge in [-0.2, -0.15) is 0 Å². The zero-order valence-electron chi connectivity index (χ0n) is 11.3. The Balaban J connectivity index is 1.66. The molecule has 104 valence electrons. The van der Waals surface area contributed by atoms with E-state index < -0.39 is 5.97 Å². The Morgan fingerprint density at radius 3 is 2.44 bits per heavy atom. The SMILES string of the molecule is O=C(O)C1(CCCCC2CCOCC2)CCCC1. The second-order valence-corrected chi connectivity index (χ2v) is 6.09. The van der Waals surface area contributed by atoms with Gasteiger partial charge in [0.1, 0.15) is 0 Å². The molecule has 1 saturated carbocycles. The topological polar surface area (TPSA) is 46.5 Å². The van der Waals surface area contributed by atoms with E-state index in [9.17, 15) is 9.90 Å². The Kier molecular flexibility index (Phi) is 5.04. The van der Waals surface area contributed by atoms with Crippen LogP contribution in [-0.2, 0) is 9.53 Å². The molecule has 0 aromatic heterocycles. The molecule has 0 unspecified atom stereocenters. The second-order valence-electron chi connectivity index (χ2n) is 6.09. The van der Waals surface area contributed by atoms with Crippen LogP contribution in [-0.4, -0.2) is 24.3 Å². The summed E-state index contributed by atoms with van der Waals surface area (Å²) in [5, 5.41) is 9.40. The lowest BCUT2D eigenvalue weighted by Crippen LogP contribution is -2.27. The Hall–Kier alpha value is -0.570. The Morgan fingerprint density at radius 2 is 1.83 bits per heavy atom. The Labute approximate surface area is 110 Å². The fraction of sp³-hybridized carbons (Fsp3) is 0.933. The first-order valence-electron chi connectivity index (χ1n) is 7.54. The van der Waals surface area contributed by atoms with Gasteiger partial charge in [-0.05, 0) is 38.0 Å². The lowest BCUT2D eigenvalue weighted by molar-refractivity contribution is -0.149. The third kappa shape index (κ3) is 3.47. The standard InChI is InChI=1S/C15H26O3/c16-14(17)15(9-3-4-10-15)8-2-1-5-13-6-11-18-12-7-13/h13H,1-12H2,(H,16,17). The molecular formula is C15H26O3. The van der Waals surface area contributed by atoms with Crippen LogP contribution in [0.25, 0.3) is 0 Å². The molecule has 0 spiro atoms. The number of carboxylic acid groups (broad SMARTS) is 1. The van der Waals surface area contributed by atoms with Crippen molar-refractivity contribution in [3.63, 3.8) is 0 Å². The maximum absolute atomic E-state index is 11.4. The van der Waals surface area contributed by atoms with Gasteiger partial charge < -0.3 is 9.84 Å². The van der Waals surface area contributed by atoms with Crippen molar-refractivity contribution >= 4 is 5.97 Å². The first kappa shape index (κ1) is 13.9. The molecule has 1 aliphatic carbocycles. The number of rotatable bonds is 6. The van der Waals surface area contributed by atoms with Crippen molar-refractivity contribution < 1.29 is 14.6 Å². The molecule has 2 fully saturated rings. The highest BCUT2D eigenvalue weighted by molar-refractivity contribution is 5.74. The summed E-state index contributed by atoms with van der Waals surface area (Å²) in [5.74, 6) is 0.272. The van der Waals surface area contributed by atoms with E-state index in [1.54, 1.807) is 0 Å². The number of unbranched alkanes of at least 4 members (excludes halogenated alkanes) is 1. The zero-order chi connectivity index (χ0) is 12.8. The smallest absolute Gasteiger partial charge is 0.309 e. The van der Waals surface area contributed by atoms with E-state index in [1.807, 2.05) is 0 Å². The van der Waals surface area contributed by atoms with Crippen molar-refractivity contribution in [1.82, 2.24) is 0 Å². The fourth-order valence-electron chi connectivity index (χ4n) is 3.55. The van der Waals surface area contributed by atoms with Crippen molar-refractivity contribution in [3.05, 3.63) is 0 Å². The Morgan fingerprint density at radius 1 is 1.17 bits per heavy atom. The quantitative estimate of drug-likeness (QED) is 0.736. The summed E-state index contributed by atoms with van der Waals surface area (Å²) in [5.41, 5.74) is -0.365. The van der Waals surface area contributed by atoms with Gasteiger partial charge in [-0.25, -0.2) is 0 Å². The van der Waals surface area contributed by atoms with Gasteiger partial charge in [-0.3, -0.25) is 4.79 Å². The highest BCUT2D eigenvalue weighted by atomic mass is 16.5. The van der Waals surface area contributed by atoms with Crippen LogP contribution in [0.15, 0.2) is 0 Å². The molecule has 0 aromatic carbocycles. The summed E-state index contributed by atoms with van der Waals surface area (Å²) in [6, 6.07) is 0. The molecule has 1 saturated heterocycles. The van der Waals surface area contributed by atoms with Crippen molar-refractivity contribution in [2.75, 3.05) is 13.2 Å². The number of aliphatic carboxylic acids is 1. The zero-order valence-corrected chi connectivity index (χ0v) is 11.3. The average Bonchev–Trinajstić information content (AvgIpc) is 2.86. The molecule has 0 atom stereocenters. The molecule has 0 radical (unpaired) electrons. The summed E-state index contributed by atoms with van der Waals surface area (Å²) >= 11 is 0. The van der Waals surface area contributed by atoms with Crippen molar-refractivity contribution in [1.29, 1.82) is 0 Å². The molecule has 3 nitrogen and oxygen atoms in total. The van der Waals surface area contributed by atoms with E-state index >= 15 is 0 Å². The van der Waals surface area contributed by atoms with Gasteiger partial charge in [-0.15, -0.1) is 0 Å². The number of hydrogen-bond donors (Lipinski definition) is 1. The largest absolute Gasteiger partial charge is 0.481 e. The molecule has 2 aliphatic rings. The number of carboxylic acids is 1. The molecule has 1 heterocycles. The van der Waals surface area contributed by atoms with Crippen molar-refractivity contribution in [2.24, 2.45) is 11.3 Å². The van der Waals surface area contributed by atoms with Crippen LogP contribution in [0.3, 0.4) is 0 Å². The molecule has 0 amide bonds. The maximum atomic E-state index is 11.4. The van der Waals surface area contributed by atoms with Crippen LogP contribution >= 0.6 is 0 Å². The minimum Gasteiger partial charge on any atom is -0.481 e. The summed E-state index contributed by atoms with van der Waals surface area (Å²) in [6.07, 6.45) is 10.8. The van der Waals surface area contributed by atoms with Gasteiger partial charge in [0.05, 0.1) is 5.41 Å². The predicted molar refractivity (Wildman–Crippen MR) is 70.5 cm³/mol. The van der Waals surface area contributed by atoms with E-state index in [2.05, 4.69) is 0 Å². The van der Waals surface area contributed by atoms with E-state index in [0.717, 1.165) is 57.7 Å².